The number of halogens is 1. The summed E-state index contributed by atoms with van der Waals surface area (Å²) in [6, 6.07) is 11.5. The molecule has 0 spiro atoms. The number of rotatable bonds is 3. The lowest BCUT2D eigenvalue weighted by Crippen LogP contribution is -1.83. The Labute approximate surface area is 114 Å². The van der Waals surface area contributed by atoms with Gasteiger partial charge >= 0.3 is 0 Å². The van der Waals surface area contributed by atoms with Crippen LogP contribution in [0.4, 0.5) is 0 Å². The van der Waals surface area contributed by atoms with E-state index in [1.807, 2.05) is 24.3 Å². The number of carbonyl (C=O) groups excluding carboxylic acids is 1. The second-order valence-corrected chi connectivity index (χ2v) is 5.34. The molecule has 0 aliphatic heterocycles. The molecule has 0 atom stereocenters. The van der Waals surface area contributed by atoms with Crippen molar-refractivity contribution < 1.29 is 4.79 Å². The highest BCUT2D eigenvalue weighted by Gasteiger charge is 2.11. The maximum Gasteiger partial charge on any atom is 0.169 e. The Morgan fingerprint density at radius 3 is 2.56 bits per heavy atom. The van der Waals surface area contributed by atoms with E-state index >= 15 is 0 Å². The Morgan fingerprint density at radius 2 is 2.06 bits per heavy atom. The van der Waals surface area contributed by atoms with E-state index in [2.05, 4.69) is 6.07 Å². The zero-order chi connectivity index (χ0) is 13.1. The van der Waals surface area contributed by atoms with Crippen LogP contribution in [0.3, 0.4) is 0 Å². The second-order valence-electron chi connectivity index (χ2n) is 3.88. The van der Waals surface area contributed by atoms with Gasteiger partial charge in [0.15, 0.2) is 5.78 Å². The van der Waals surface area contributed by atoms with Gasteiger partial charge in [-0.05, 0) is 24.1 Å². The van der Waals surface area contributed by atoms with Crippen LogP contribution in [0.25, 0.3) is 10.4 Å². The lowest BCUT2D eigenvalue weighted by Gasteiger charge is -2.00. The predicted molar refractivity (Wildman–Crippen MR) is 74.1 cm³/mol. The SMILES string of the molecule is CC(=O)c1cc(Cl)c(-c2ccc(CC#N)cc2)s1. The molecule has 90 valence electrons. The van der Waals surface area contributed by atoms with Gasteiger partial charge in [-0.3, -0.25) is 4.79 Å². The number of hydrogen-bond acceptors (Lipinski definition) is 3. The molecule has 0 N–H and O–H groups in total. The average Bonchev–Trinajstić information content (AvgIpc) is 2.73. The molecular weight excluding hydrogens is 266 g/mol. The van der Waals surface area contributed by atoms with Crippen molar-refractivity contribution in [2.75, 3.05) is 0 Å². The molecule has 0 bridgehead atoms. The third-order valence-corrected chi connectivity index (χ3v) is 4.23. The van der Waals surface area contributed by atoms with Crippen molar-refractivity contribution in [2.45, 2.75) is 13.3 Å². The minimum Gasteiger partial charge on any atom is -0.294 e. The maximum absolute atomic E-state index is 11.3. The van der Waals surface area contributed by atoms with Crippen molar-refractivity contribution in [3.63, 3.8) is 0 Å². The molecule has 1 heterocycles. The van der Waals surface area contributed by atoms with E-state index in [-0.39, 0.29) is 5.78 Å². The summed E-state index contributed by atoms with van der Waals surface area (Å²) in [6.45, 7) is 1.53. The first-order chi connectivity index (χ1) is 8.61. The number of ketones is 1. The van der Waals surface area contributed by atoms with Gasteiger partial charge < -0.3 is 0 Å². The topological polar surface area (TPSA) is 40.9 Å². The maximum atomic E-state index is 11.3. The van der Waals surface area contributed by atoms with Crippen LogP contribution in [0, 0.1) is 11.3 Å². The number of Topliss-reactive ketones (excluding diaryl/α,β-unsaturated/α-hetero) is 1. The first-order valence-electron chi connectivity index (χ1n) is 5.38. The fourth-order valence-corrected chi connectivity index (χ4v) is 2.95. The van der Waals surface area contributed by atoms with Gasteiger partial charge in [0, 0.05) is 0 Å². The summed E-state index contributed by atoms with van der Waals surface area (Å²) in [5, 5.41) is 9.20. The van der Waals surface area contributed by atoms with Crippen LogP contribution in [0.15, 0.2) is 30.3 Å². The largest absolute Gasteiger partial charge is 0.294 e. The van der Waals surface area contributed by atoms with Gasteiger partial charge in [0.05, 0.1) is 27.3 Å². The zero-order valence-electron chi connectivity index (χ0n) is 9.74. The molecule has 0 saturated heterocycles. The van der Waals surface area contributed by atoms with E-state index in [1.54, 1.807) is 6.07 Å². The van der Waals surface area contributed by atoms with Gasteiger partial charge in [0.25, 0.3) is 0 Å². The number of nitriles is 1. The minimum absolute atomic E-state index is 0.0225. The highest BCUT2D eigenvalue weighted by Crippen LogP contribution is 2.36. The fraction of sp³-hybridized carbons (Fsp3) is 0.143. The number of nitrogens with zero attached hydrogens (tertiary/aromatic N) is 1. The summed E-state index contributed by atoms with van der Waals surface area (Å²) in [5.74, 6) is 0.0225. The minimum atomic E-state index is 0.0225. The van der Waals surface area contributed by atoms with Crippen molar-refractivity contribution in [3.05, 3.63) is 45.8 Å². The molecule has 1 aromatic heterocycles. The van der Waals surface area contributed by atoms with Gasteiger partial charge in [-0.15, -0.1) is 11.3 Å². The second kappa shape index (κ2) is 5.34. The fourth-order valence-electron chi connectivity index (χ4n) is 1.60. The molecule has 2 aromatic rings. The number of thiophene rings is 1. The van der Waals surface area contributed by atoms with Crippen LogP contribution in [0.1, 0.15) is 22.2 Å². The lowest BCUT2D eigenvalue weighted by atomic mass is 10.1. The van der Waals surface area contributed by atoms with Gasteiger partial charge in [-0.2, -0.15) is 5.26 Å². The summed E-state index contributed by atoms with van der Waals surface area (Å²) < 4.78 is 0. The normalized spacial score (nSPS) is 10.1. The van der Waals surface area contributed by atoms with E-state index in [9.17, 15) is 4.79 Å². The first-order valence-corrected chi connectivity index (χ1v) is 6.58. The first kappa shape index (κ1) is 12.8. The molecule has 2 rings (SSSR count). The van der Waals surface area contributed by atoms with Crippen LogP contribution in [0.2, 0.25) is 5.02 Å². The molecule has 0 fully saturated rings. The molecule has 4 heteroatoms. The molecule has 0 radical (unpaired) electrons. The zero-order valence-corrected chi connectivity index (χ0v) is 11.3. The quantitative estimate of drug-likeness (QED) is 0.782. The summed E-state index contributed by atoms with van der Waals surface area (Å²) in [5.41, 5.74) is 1.94. The monoisotopic (exact) mass is 275 g/mol. The van der Waals surface area contributed by atoms with Crippen molar-refractivity contribution in [2.24, 2.45) is 0 Å². The molecule has 0 saturated carbocycles. The van der Waals surface area contributed by atoms with Crippen molar-refractivity contribution in [3.8, 4) is 16.5 Å². The smallest absolute Gasteiger partial charge is 0.169 e. The van der Waals surface area contributed by atoms with E-state index in [0.29, 0.717) is 16.3 Å². The Bertz CT molecular complexity index is 622. The molecular formula is C14H10ClNOS. The van der Waals surface area contributed by atoms with Crippen LogP contribution in [0.5, 0.6) is 0 Å². The third kappa shape index (κ3) is 2.61. The summed E-state index contributed by atoms with van der Waals surface area (Å²) in [7, 11) is 0. The van der Waals surface area contributed by atoms with Crippen LogP contribution in [-0.2, 0) is 6.42 Å². The Hall–Kier alpha value is -1.63. The highest BCUT2D eigenvalue weighted by atomic mass is 35.5. The van der Waals surface area contributed by atoms with Gasteiger partial charge in [0.1, 0.15) is 0 Å². The van der Waals surface area contributed by atoms with Gasteiger partial charge in [0.2, 0.25) is 0 Å². The summed E-state index contributed by atoms with van der Waals surface area (Å²) in [6.07, 6.45) is 0.400. The van der Waals surface area contributed by atoms with Gasteiger partial charge in [-0.1, -0.05) is 35.9 Å². The predicted octanol–water partition coefficient (Wildman–Crippen LogP) is 4.34. The molecule has 0 aliphatic carbocycles. The average molecular weight is 276 g/mol. The molecule has 18 heavy (non-hydrogen) atoms. The number of benzene rings is 1. The Morgan fingerprint density at radius 1 is 1.39 bits per heavy atom. The van der Waals surface area contributed by atoms with Crippen LogP contribution in [-0.4, -0.2) is 5.78 Å². The third-order valence-electron chi connectivity index (χ3n) is 2.53. The van der Waals surface area contributed by atoms with Crippen molar-refractivity contribution in [1.82, 2.24) is 0 Å². The van der Waals surface area contributed by atoms with E-state index in [1.165, 1.54) is 18.3 Å². The Kier molecular flexibility index (Phi) is 3.81. The van der Waals surface area contributed by atoms with E-state index in [0.717, 1.165) is 16.0 Å². The number of carbonyl (C=O) groups is 1. The number of hydrogen-bond donors (Lipinski definition) is 0. The van der Waals surface area contributed by atoms with E-state index < -0.39 is 0 Å². The van der Waals surface area contributed by atoms with Crippen molar-refractivity contribution in [1.29, 1.82) is 5.26 Å². The molecule has 1 aromatic carbocycles. The van der Waals surface area contributed by atoms with Crippen LogP contribution < -0.4 is 0 Å². The summed E-state index contributed by atoms with van der Waals surface area (Å²) in [4.78, 5) is 12.9. The molecule has 0 amide bonds. The summed E-state index contributed by atoms with van der Waals surface area (Å²) >= 11 is 7.52. The molecule has 2 nitrogen and oxygen atoms in total. The van der Waals surface area contributed by atoms with Crippen molar-refractivity contribution >= 4 is 28.7 Å². The lowest BCUT2D eigenvalue weighted by molar-refractivity contribution is 0.102. The highest BCUT2D eigenvalue weighted by molar-refractivity contribution is 7.18. The van der Waals surface area contributed by atoms with Crippen LogP contribution >= 0.6 is 22.9 Å². The molecule has 0 unspecified atom stereocenters. The molecule has 0 aliphatic rings. The Balaban J connectivity index is 2.37. The standard InChI is InChI=1S/C14H10ClNOS/c1-9(17)13-8-12(15)14(18-13)11-4-2-10(3-5-11)6-7-16/h2-5,8H,6H2,1H3. The van der Waals surface area contributed by atoms with E-state index in [4.69, 9.17) is 16.9 Å². The van der Waals surface area contributed by atoms with Gasteiger partial charge in [-0.25, -0.2) is 0 Å².